The molecule has 0 aromatic heterocycles. The number of fused-ring (bicyclic) bond motifs is 5. The Balaban J connectivity index is 1.40. The lowest BCUT2D eigenvalue weighted by Crippen LogP contribution is -2.65. The van der Waals surface area contributed by atoms with E-state index in [1.165, 1.54) is 44.9 Å². The summed E-state index contributed by atoms with van der Waals surface area (Å²) in [7, 11) is -1.09. The third kappa shape index (κ3) is 2.78. The van der Waals surface area contributed by atoms with E-state index >= 15 is 0 Å². The lowest BCUT2D eigenvalue weighted by atomic mass is 9.47. The van der Waals surface area contributed by atoms with E-state index in [1.54, 1.807) is 6.26 Å². The van der Waals surface area contributed by atoms with E-state index in [4.69, 9.17) is 4.74 Å². The average molecular weight is 394 g/mol. The summed E-state index contributed by atoms with van der Waals surface area (Å²) in [5.74, 6) is 2.19. The molecule has 0 aromatic carbocycles. The minimum Gasteiger partial charge on any atom is -0.374 e. The molecule has 0 spiro atoms. The molecule has 5 heteroatoms. The first kappa shape index (κ1) is 18.6. The Morgan fingerprint density at radius 1 is 1.00 bits per heavy atom. The normalized spacial score (nSPS) is 53.1. The highest BCUT2D eigenvalue weighted by Gasteiger charge is 2.62. The average Bonchev–Trinajstić information content (AvgIpc) is 3.37. The Bertz CT molecular complexity index is 664. The lowest BCUT2D eigenvalue weighted by molar-refractivity contribution is -0.140. The number of carbonyl (C=O) groups is 1. The van der Waals surface area contributed by atoms with Crippen LogP contribution >= 0.6 is 0 Å². The quantitative estimate of drug-likeness (QED) is 0.799. The van der Waals surface area contributed by atoms with Crippen LogP contribution < -0.4 is 5.32 Å². The molecule has 1 N–H and O–H groups in total. The van der Waals surface area contributed by atoms with Crippen molar-refractivity contribution < 1.29 is 13.7 Å². The summed E-state index contributed by atoms with van der Waals surface area (Å²) in [6.07, 6.45) is 13.4. The van der Waals surface area contributed by atoms with Crippen LogP contribution in [0.15, 0.2) is 0 Å². The van der Waals surface area contributed by atoms with Crippen LogP contribution in [0, 0.1) is 28.6 Å². The number of piperidine rings is 1. The zero-order valence-electron chi connectivity index (χ0n) is 17.0. The third-order valence-corrected chi connectivity index (χ3v) is 10.5. The van der Waals surface area contributed by atoms with Crippen molar-refractivity contribution in [1.82, 2.24) is 5.32 Å². The van der Waals surface area contributed by atoms with Crippen molar-refractivity contribution >= 4 is 16.7 Å². The zero-order chi connectivity index (χ0) is 19.0. The highest BCUT2D eigenvalue weighted by molar-refractivity contribution is 7.85. The molecular weight excluding hydrogens is 358 g/mol. The Morgan fingerprint density at radius 3 is 2.44 bits per heavy atom. The van der Waals surface area contributed by atoms with E-state index in [9.17, 15) is 9.00 Å². The number of rotatable bonds is 3. The number of ether oxygens (including phenoxy) is 1. The second kappa shape index (κ2) is 6.29. The molecule has 4 unspecified atom stereocenters. The van der Waals surface area contributed by atoms with Gasteiger partial charge in [-0.25, -0.2) is 0 Å². The molecule has 0 bridgehead atoms. The van der Waals surface area contributed by atoms with Crippen LogP contribution in [0.1, 0.15) is 71.6 Å². The smallest absolute Gasteiger partial charge is 0.235 e. The maximum Gasteiger partial charge on any atom is 0.235 e. The molecule has 5 rings (SSSR count). The van der Waals surface area contributed by atoms with Gasteiger partial charge in [0.05, 0.1) is 12.2 Å². The van der Waals surface area contributed by atoms with Crippen LogP contribution in [-0.4, -0.2) is 39.9 Å². The largest absolute Gasteiger partial charge is 0.374 e. The second-order valence-corrected chi connectivity index (χ2v) is 12.2. The summed E-state index contributed by atoms with van der Waals surface area (Å²) in [5, 5.41) is 2.95. The summed E-state index contributed by atoms with van der Waals surface area (Å²) in [4.78, 5) is 12.5. The van der Waals surface area contributed by atoms with Crippen LogP contribution in [0.4, 0.5) is 0 Å². The predicted octanol–water partition coefficient (Wildman–Crippen LogP) is 3.41. The molecule has 1 amide bonds. The van der Waals surface area contributed by atoms with E-state index in [0.29, 0.717) is 23.5 Å². The van der Waals surface area contributed by atoms with Crippen LogP contribution in [0.5, 0.6) is 0 Å². The van der Waals surface area contributed by atoms with Crippen molar-refractivity contribution in [2.45, 2.75) is 95.1 Å². The number of nitrogens with one attached hydrogen (secondary N) is 1. The molecule has 5 fully saturated rings. The first-order valence-corrected chi connectivity index (χ1v) is 12.7. The van der Waals surface area contributed by atoms with Gasteiger partial charge in [0.25, 0.3) is 0 Å². The molecule has 1 heterocycles. The Kier molecular flexibility index (Phi) is 4.33. The van der Waals surface area contributed by atoms with Gasteiger partial charge in [-0.15, -0.1) is 0 Å². The lowest BCUT2D eigenvalue weighted by Gasteiger charge is -2.60. The van der Waals surface area contributed by atoms with Crippen LogP contribution in [0.25, 0.3) is 0 Å². The standard InChI is InChI=1S/C22H35NO3S/c1-21-11-10-16-14(15(21)7-9-19(21)26-13-4-5-13)6-8-18-22(16,2)12-17(27(3)25)20(24)23-18/h13-19H,4-12H2,1-3H3,(H,23,24)/t14-,15-,16+,17?,18?,19?,21-,22+,27?/m0/s1. The van der Waals surface area contributed by atoms with Crippen molar-refractivity contribution in [2.24, 2.45) is 28.6 Å². The van der Waals surface area contributed by atoms with Gasteiger partial charge >= 0.3 is 0 Å². The Hall–Kier alpha value is -0.420. The number of carbonyl (C=O) groups excluding carboxylic acids is 1. The first-order chi connectivity index (χ1) is 12.8. The van der Waals surface area contributed by atoms with E-state index in [2.05, 4.69) is 19.2 Å². The summed E-state index contributed by atoms with van der Waals surface area (Å²) in [5.41, 5.74) is 0.446. The summed E-state index contributed by atoms with van der Waals surface area (Å²) >= 11 is 0. The van der Waals surface area contributed by atoms with Crippen molar-refractivity contribution in [3.05, 3.63) is 0 Å². The van der Waals surface area contributed by atoms with E-state index in [0.717, 1.165) is 24.7 Å². The summed E-state index contributed by atoms with van der Waals surface area (Å²) < 4.78 is 18.7. The highest BCUT2D eigenvalue weighted by atomic mass is 32.2. The second-order valence-electron chi connectivity index (χ2n) is 10.7. The fourth-order valence-electron chi connectivity index (χ4n) is 7.62. The molecule has 4 nitrogen and oxygen atoms in total. The maximum atomic E-state index is 12.5. The van der Waals surface area contributed by atoms with Gasteiger partial charge in [-0.2, -0.15) is 0 Å². The van der Waals surface area contributed by atoms with Crippen LogP contribution in [0.3, 0.4) is 0 Å². The number of amides is 1. The monoisotopic (exact) mass is 393 g/mol. The highest BCUT2D eigenvalue weighted by Crippen LogP contribution is 2.64. The van der Waals surface area contributed by atoms with E-state index in [1.807, 2.05) is 0 Å². The van der Waals surface area contributed by atoms with Gasteiger partial charge in [-0.1, -0.05) is 13.8 Å². The van der Waals surface area contributed by atoms with Crippen LogP contribution in [-0.2, 0) is 20.3 Å². The molecule has 1 aliphatic heterocycles. The molecule has 9 atom stereocenters. The molecule has 0 aromatic rings. The van der Waals surface area contributed by atoms with Gasteiger partial charge in [-0.3, -0.25) is 9.00 Å². The molecule has 4 saturated carbocycles. The molecule has 0 radical (unpaired) electrons. The Morgan fingerprint density at radius 2 is 1.74 bits per heavy atom. The van der Waals surface area contributed by atoms with E-state index in [-0.39, 0.29) is 22.6 Å². The summed E-state index contributed by atoms with van der Waals surface area (Å²) in [6.45, 7) is 4.90. The minimum atomic E-state index is -1.09. The molecule has 27 heavy (non-hydrogen) atoms. The third-order valence-electron chi connectivity index (χ3n) is 9.30. The molecule has 152 valence electrons. The van der Waals surface area contributed by atoms with Crippen molar-refractivity contribution in [2.75, 3.05) is 6.26 Å². The molecule has 4 aliphatic carbocycles. The minimum absolute atomic E-state index is 0.0242. The number of hydrogen-bond donors (Lipinski definition) is 1. The van der Waals surface area contributed by atoms with Crippen molar-refractivity contribution in [1.29, 1.82) is 0 Å². The van der Waals surface area contributed by atoms with Crippen molar-refractivity contribution in [3.63, 3.8) is 0 Å². The van der Waals surface area contributed by atoms with Gasteiger partial charge in [0, 0.05) is 23.1 Å². The van der Waals surface area contributed by atoms with Gasteiger partial charge < -0.3 is 10.1 Å². The fraction of sp³-hybridized carbons (Fsp3) is 0.955. The fourth-order valence-corrected chi connectivity index (χ4v) is 8.59. The van der Waals surface area contributed by atoms with Gasteiger partial charge in [-0.05, 0) is 86.4 Å². The SMILES string of the molecule is CS(=O)C1C[C@@]2(C)C(CC[C@@H]3[C@H]2CC[C@]2(C)C(OC4CC4)CC[C@@H]32)NC1=O. The van der Waals surface area contributed by atoms with Gasteiger partial charge in [0.15, 0.2) is 0 Å². The Labute approximate surface area is 166 Å². The maximum absolute atomic E-state index is 12.5. The van der Waals surface area contributed by atoms with Crippen LogP contribution in [0.2, 0.25) is 0 Å². The van der Waals surface area contributed by atoms with E-state index < -0.39 is 10.8 Å². The van der Waals surface area contributed by atoms with Crippen molar-refractivity contribution in [3.8, 4) is 0 Å². The van der Waals surface area contributed by atoms with Gasteiger partial charge in [0.1, 0.15) is 5.25 Å². The molecule has 1 saturated heterocycles. The summed E-state index contributed by atoms with van der Waals surface area (Å²) in [6, 6.07) is 0.273. The molecular formula is C22H35NO3S. The number of hydrogen-bond acceptors (Lipinski definition) is 3. The first-order valence-electron chi connectivity index (χ1n) is 11.1. The van der Waals surface area contributed by atoms with Gasteiger partial charge in [0.2, 0.25) is 5.91 Å². The topological polar surface area (TPSA) is 55.4 Å². The molecule has 5 aliphatic rings. The zero-order valence-corrected chi connectivity index (χ0v) is 17.9. The predicted molar refractivity (Wildman–Crippen MR) is 107 cm³/mol.